The summed E-state index contributed by atoms with van der Waals surface area (Å²) in [5.74, 6) is 0.154. The first-order valence-electron chi connectivity index (χ1n) is 15.1. The average Bonchev–Trinajstić information content (AvgIpc) is 3.43. The molecule has 0 bridgehead atoms. The first-order valence-corrected chi connectivity index (χ1v) is 15.1. The Morgan fingerprint density at radius 2 is 1.58 bits per heavy atom. The molecule has 1 aromatic heterocycles. The van der Waals surface area contributed by atoms with Crippen LogP contribution in [0.15, 0.2) is 78.9 Å². The number of carbonyl (C=O) groups excluding carboxylic acids is 2. The summed E-state index contributed by atoms with van der Waals surface area (Å²) in [6.45, 7) is 6.91. The molecule has 1 unspecified atom stereocenters. The van der Waals surface area contributed by atoms with E-state index >= 15 is 0 Å². The zero-order valence-corrected chi connectivity index (χ0v) is 25.9. The van der Waals surface area contributed by atoms with E-state index in [1.165, 1.54) is 24.3 Å². The number of alkyl halides is 2. The Labute approximate surface area is 262 Å². The molecule has 2 amide bonds. The molecule has 0 saturated carbocycles. The van der Waals surface area contributed by atoms with Gasteiger partial charge in [0, 0.05) is 22.7 Å². The first kappa shape index (κ1) is 31.8. The van der Waals surface area contributed by atoms with E-state index in [1.54, 1.807) is 16.8 Å². The van der Waals surface area contributed by atoms with Gasteiger partial charge in [-0.15, -0.1) is 0 Å². The molecule has 3 aromatic carbocycles. The molecule has 4 aromatic rings. The zero-order valence-electron chi connectivity index (χ0n) is 25.9. The van der Waals surface area contributed by atoms with Crippen LogP contribution < -0.4 is 20.7 Å². The number of carbonyl (C=O) groups is 2. The van der Waals surface area contributed by atoms with E-state index in [4.69, 9.17) is 5.10 Å². The van der Waals surface area contributed by atoms with E-state index in [9.17, 15) is 18.4 Å². The highest BCUT2D eigenvalue weighted by Gasteiger charge is 2.32. The number of aromatic nitrogens is 2. The van der Waals surface area contributed by atoms with E-state index in [0.717, 1.165) is 48.4 Å². The second-order valence-electron chi connectivity index (χ2n) is 12.4. The number of hydrogen-bond donors (Lipinski definition) is 3. The molecular formula is C35H39F2N5O3. The molecule has 1 saturated heterocycles. The van der Waals surface area contributed by atoms with Crippen LogP contribution >= 0.6 is 0 Å². The monoisotopic (exact) mass is 615 g/mol. The van der Waals surface area contributed by atoms with Crippen molar-refractivity contribution in [3.63, 3.8) is 0 Å². The van der Waals surface area contributed by atoms with Gasteiger partial charge in [-0.05, 0) is 92.9 Å². The molecule has 1 aliphatic rings. The smallest absolute Gasteiger partial charge is 0.387 e. The fraction of sp³-hybridized carbons (Fsp3) is 0.343. The summed E-state index contributed by atoms with van der Waals surface area (Å²) in [5.41, 5.74) is 4.41. The van der Waals surface area contributed by atoms with Gasteiger partial charge in [0.1, 0.15) is 11.6 Å². The summed E-state index contributed by atoms with van der Waals surface area (Å²) in [6.07, 6.45) is 1.66. The lowest BCUT2D eigenvalue weighted by Gasteiger charge is -2.30. The maximum atomic E-state index is 13.8. The van der Waals surface area contributed by atoms with Crippen molar-refractivity contribution >= 4 is 23.3 Å². The lowest BCUT2D eigenvalue weighted by molar-refractivity contribution is -0.0498. The minimum absolute atomic E-state index is 0.00483. The van der Waals surface area contributed by atoms with Crippen LogP contribution in [0, 0.1) is 12.8 Å². The minimum Gasteiger partial charge on any atom is -0.435 e. The minimum atomic E-state index is -2.93. The molecule has 3 N–H and O–H groups in total. The molecule has 1 fully saturated rings. The third-order valence-electron chi connectivity index (χ3n) is 8.03. The standard InChI is InChI=1S/C35H39F2N5O3/c1-22-5-13-27(14-6-22)42-30(21-29(41-42)35(2,3)4)40-34(44)39-26-11-7-23(8-12-26)31(24-17-19-38-20-18-24)32(43)25-9-15-28(16-10-25)45-33(36)37/h5-16,21,24,31,33,38H,17-20H2,1-4H3,(H2,39,40,44). The van der Waals surface area contributed by atoms with Crippen LogP contribution in [0.3, 0.4) is 0 Å². The number of nitrogens with zero attached hydrogens (tertiary/aromatic N) is 2. The number of ether oxygens (including phenoxy) is 1. The van der Waals surface area contributed by atoms with Gasteiger partial charge in [0.15, 0.2) is 5.78 Å². The fourth-order valence-electron chi connectivity index (χ4n) is 5.57. The lowest BCUT2D eigenvalue weighted by atomic mass is 9.76. The topological polar surface area (TPSA) is 97.3 Å². The Kier molecular flexibility index (Phi) is 9.63. The van der Waals surface area contributed by atoms with Gasteiger partial charge in [-0.25, -0.2) is 9.48 Å². The number of aryl methyl sites for hydroxylation is 1. The Bertz CT molecular complexity index is 1610. The number of rotatable bonds is 9. The fourth-order valence-corrected chi connectivity index (χ4v) is 5.57. The number of urea groups is 1. The van der Waals surface area contributed by atoms with Gasteiger partial charge in [-0.2, -0.15) is 13.9 Å². The summed E-state index contributed by atoms with van der Waals surface area (Å²) in [6, 6.07) is 22.5. The quantitative estimate of drug-likeness (QED) is 0.168. The summed E-state index contributed by atoms with van der Waals surface area (Å²) in [5, 5.41) is 14.0. The number of piperidine rings is 1. The predicted molar refractivity (Wildman–Crippen MR) is 172 cm³/mol. The van der Waals surface area contributed by atoms with Crippen molar-refractivity contribution < 1.29 is 23.1 Å². The van der Waals surface area contributed by atoms with E-state index in [2.05, 4.69) is 41.5 Å². The summed E-state index contributed by atoms with van der Waals surface area (Å²) in [4.78, 5) is 26.9. The van der Waals surface area contributed by atoms with Crippen molar-refractivity contribution in [2.45, 2.75) is 58.5 Å². The van der Waals surface area contributed by atoms with E-state index < -0.39 is 18.6 Å². The molecule has 0 radical (unpaired) electrons. The molecule has 236 valence electrons. The van der Waals surface area contributed by atoms with Crippen molar-refractivity contribution in [2.24, 2.45) is 5.92 Å². The van der Waals surface area contributed by atoms with Gasteiger partial charge in [0.05, 0.1) is 17.3 Å². The normalized spacial score (nSPS) is 14.6. The molecule has 8 nitrogen and oxygen atoms in total. The maximum absolute atomic E-state index is 13.8. The first-order chi connectivity index (χ1) is 21.5. The second-order valence-corrected chi connectivity index (χ2v) is 12.4. The molecule has 1 atom stereocenters. The van der Waals surface area contributed by atoms with Crippen LogP contribution in [0.2, 0.25) is 0 Å². The van der Waals surface area contributed by atoms with Crippen molar-refractivity contribution in [1.29, 1.82) is 0 Å². The number of ketones is 1. The van der Waals surface area contributed by atoms with Crippen LogP contribution in [0.5, 0.6) is 5.75 Å². The van der Waals surface area contributed by atoms with Crippen LogP contribution in [-0.2, 0) is 5.41 Å². The van der Waals surface area contributed by atoms with Crippen molar-refractivity contribution in [1.82, 2.24) is 15.1 Å². The van der Waals surface area contributed by atoms with Crippen LogP contribution in [-0.4, -0.2) is 41.3 Å². The third kappa shape index (κ3) is 7.94. The van der Waals surface area contributed by atoms with Gasteiger partial charge in [0.2, 0.25) is 0 Å². The van der Waals surface area contributed by atoms with Gasteiger partial charge in [-0.3, -0.25) is 10.1 Å². The molecular weight excluding hydrogens is 576 g/mol. The van der Waals surface area contributed by atoms with E-state index in [0.29, 0.717) is 17.1 Å². The largest absolute Gasteiger partial charge is 0.435 e. The Hall–Kier alpha value is -4.57. The highest BCUT2D eigenvalue weighted by Crippen LogP contribution is 2.35. The van der Waals surface area contributed by atoms with Gasteiger partial charge in [-0.1, -0.05) is 50.6 Å². The second kappa shape index (κ2) is 13.6. The number of halogens is 2. The SMILES string of the molecule is Cc1ccc(-n2nc(C(C)(C)C)cc2NC(=O)Nc2ccc(C(C(=O)c3ccc(OC(F)F)cc3)C3CCNCC3)cc2)cc1. The highest BCUT2D eigenvalue weighted by molar-refractivity contribution is 6.02. The molecule has 5 rings (SSSR count). The predicted octanol–water partition coefficient (Wildman–Crippen LogP) is 7.69. The molecule has 1 aliphatic heterocycles. The molecule has 45 heavy (non-hydrogen) atoms. The number of amides is 2. The number of anilines is 2. The summed E-state index contributed by atoms with van der Waals surface area (Å²) < 4.78 is 31.4. The molecule has 0 spiro atoms. The van der Waals surface area contributed by atoms with Gasteiger partial charge in [0.25, 0.3) is 0 Å². The maximum Gasteiger partial charge on any atom is 0.387 e. The van der Waals surface area contributed by atoms with Gasteiger partial charge < -0.3 is 15.4 Å². The molecule has 0 aliphatic carbocycles. The number of benzene rings is 3. The molecule has 10 heteroatoms. The van der Waals surface area contributed by atoms with Gasteiger partial charge >= 0.3 is 12.6 Å². The Balaban J connectivity index is 1.33. The summed E-state index contributed by atoms with van der Waals surface area (Å²) in [7, 11) is 0. The molecule has 2 heterocycles. The van der Waals surface area contributed by atoms with Crippen molar-refractivity contribution in [2.75, 3.05) is 23.7 Å². The number of Topliss-reactive ketones (excluding diaryl/α,β-unsaturated/α-hetero) is 1. The van der Waals surface area contributed by atoms with E-state index in [-0.39, 0.29) is 22.9 Å². The Morgan fingerprint density at radius 1 is 0.933 bits per heavy atom. The number of nitrogens with one attached hydrogen (secondary N) is 3. The van der Waals surface area contributed by atoms with E-state index in [1.807, 2.05) is 49.4 Å². The van der Waals surface area contributed by atoms with Crippen LogP contribution in [0.4, 0.5) is 25.1 Å². The summed E-state index contributed by atoms with van der Waals surface area (Å²) >= 11 is 0. The highest BCUT2D eigenvalue weighted by atomic mass is 19.3. The third-order valence-corrected chi connectivity index (χ3v) is 8.03. The lowest BCUT2D eigenvalue weighted by Crippen LogP contribution is -2.33. The average molecular weight is 616 g/mol. The Morgan fingerprint density at radius 3 is 2.18 bits per heavy atom. The van der Waals surface area contributed by atoms with Crippen molar-refractivity contribution in [3.05, 3.63) is 101 Å². The van der Waals surface area contributed by atoms with Crippen LogP contribution in [0.1, 0.15) is 66.7 Å². The van der Waals surface area contributed by atoms with Crippen LogP contribution in [0.25, 0.3) is 5.69 Å². The van der Waals surface area contributed by atoms with Crippen molar-refractivity contribution in [3.8, 4) is 11.4 Å². The number of hydrogen-bond acceptors (Lipinski definition) is 5. The zero-order chi connectivity index (χ0) is 32.1.